The molecule has 1 aliphatic heterocycles. The number of aliphatic hydroxyl groups excluding tert-OH is 1. The van der Waals surface area contributed by atoms with Gasteiger partial charge in [-0.1, -0.05) is 0 Å². The largest absolute Gasteiger partial charge is 0.469 e. The van der Waals surface area contributed by atoms with Crippen LogP contribution in [-0.4, -0.2) is 76.4 Å². The SMILES string of the molecule is O=S1(=O)CCC(CNC(=S)OCCOCCOCCO)C1. The Balaban J connectivity index is 1.92. The predicted octanol–water partition coefficient (Wildman–Crippen LogP) is -0.662. The first-order valence-corrected chi connectivity index (χ1v) is 9.14. The molecule has 124 valence electrons. The van der Waals surface area contributed by atoms with Gasteiger partial charge in [-0.05, 0) is 24.6 Å². The van der Waals surface area contributed by atoms with Gasteiger partial charge in [0.25, 0.3) is 5.17 Å². The zero-order valence-corrected chi connectivity index (χ0v) is 13.6. The Morgan fingerprint density at radius 2 is 1.86 bits per heavy atom. The second-order valence-electron chi connectivity index (χ2n) is 4.73. The normalized spacial score (nSPS) is 20.3. The van der Waals surface area contributed by atoms with Gasteiger partial charge < -0.3 is 24.6 Å². The number of aliphatic hydroxyl groups is 1. The molecule has 9 heteroatoms. The van der Waals surface area contributed by atoms with Crippen LogP contribution in [-0.2, 0) is 24.0 Å². The Hall–Kier alpha value is -0.480. The summed E-state index contributed by atoms with van der Waals surface area (Å²) in [5.74, 6) is 0.593. The van der Waals surface area contributed by atoms with Crippen LogP contribution in [0.2, 0.25) is 0 Å². The van der Waals surface area contributed by atoms with E-state index in [9.17, 15) is 8.42 Å². The highest BCUT2D eigenvalue weighted by atomic mass is 32.2. The third-order valence-electron chi connectivity index (χ3n) is 2.93. The standard InChI is InChI=1S/C12H23NO6S2/c14-2-3-17-4-5-18-6-7-19-12(20)13-9-11-1-8-21(15,16)10-11/h11,14H,1-10H2,(H,13,20). The van der Waals surface area contributed by atoms with E-state index in [1.807, 2.05) is 0 Å². The monoisotopic (exact) mass is 341 g/mol. The first kappa shape index (κ1) is 18.6. The van der Waals surface area contributed by atoms with Crippen LogP contribution in [0.1, 0.15) is 6.42 Å². The number of hydrogen-bond donors (Lipinski definition) is 2. The van der Waals surface area contributed by atoms with Gasteiger partial charge >= 0.3 is 0 Å². The molecule has 1 rings (SSSR count). The van der Waals surface area contributed by atoms with Gasteiger partial charge in [0.1, 0.15) is 6.61 Å². The topological polar surface area (TPSA) is 94.1 Å². The maximum Gasteiger partial charge on any atom is 0.256 e. The van der Waals surface area contributed by atoms with Crippen LogP contribution in [0.3, 0.4) is 0 Å². The Morgan fingerprint density at radius 3 is 2.48 bits per heavy atom. The van der Waals surface area contributed by atoms with Crippen molar-refractivity contribution in [3.05, 3.63) is 0 Å². The summed E-state index contributed by atoms with van der Waals surface area (Å²) in [7, 11) is -2.85. The second kappa shape index (κ2) is 10.3. The van der Waals surface area contributed by atoms with Crippen LogP contribution in [0.4, 0.5) is 0 Å². The maximum atomic E-state index is 11.3. The smallest absolute Gasteiger partial charge is 0.256 e. The molecule has 1 saturated heterocycles. The number of rotatable bonds is 10. The van der Waals surface area contributed by atoms with Crippen molar-refractivity contribution in [2.75, 3.05) is 57.7 Å². The van der Waals surface area contributed by atoms with E-state index in [0.717, 1.165) is 0 Å². The highest BCUT2D eigenvalue weighted by Gasteiger charge is 2.27. The van der Waals surface area contributed by atoms with Crippen LogP contribution in [0.15, 0.2) is 0 Å². The summed E-state index contributed by atoms with van der Waals surface area (Å²) < 4.78 is 38.1. The van der Waals surface area contributed by atoms with Gasteiger partial charge in [-0.3, -0.25) is 0 Å². The summed E-state index contributed by atoms with van der Waals surface area (Å²) in [5, 5.41) is 11.7. The first-order chi connectivity index (χ1) is 10.0. The number of sulfone groups is 1. The van der Waals surface area contributed by atoms with E-state index >= 15 is 0 Å². The number of ether oxygens (including phenoxy) is 3. The molecule has 0 aromatic rings. The lowest BCUT2D eigenvalue weighted by atomic mass is 10.1. The average molecular weight is 341 g/mol. The van der Waals surface area contributed by atoms with E-state index in [2.05, 4.69) is 5.32 Å². The number of nitrogens with one attached hydrogen (secondary N) is 1. The Morgan fingerprint density at radius 1 is 1.19 bits per heavy atom. The van der Waals surface area contributed by atoms with E-state index in [-0.39, 0.29) is 29.2 Å². The minimum atomic E-state index is -2.85. The summed E-state index contributed by atoms with van der Waals surface area (Å²) in [4.78, 5) is 0. The molecule has 0 amide bonds. The van der Waals surface area contributed by atoms with Gasteiger partial charge in [-0.2, -0.15) is 0 Å². The van der Waals surface area contributed by atoms with Crippen molar-refractivity contribution in [3.63, 3.8) is 0 Å². The molecule has 1 fully saturated rings. The Bertz CT molecular complexity index is 401. The van der Waals surface area contributed by atoms with Crippen molar-refractivity contribution in [1.82, 2.24) is 5.32 Å². The lowest BCUT2D eigenvalue weighted by Crippen LogP contribution is -2.31. The quantitative estimate of drug-likeness (QED) is 0.399. The van der Waals surface area contributed by atoms with Crippen molar-refractivity contribution in [2.24, 2.45) is 5.92 Å². The van der Waals surface area contributed by atoms with Crippen molar-refractivity contribution >= 4 is 27.2 Å². The van der Waals surface area contributed by atoms with Crippen molar-refractivity contribution < 1.29 is 27.7 Å². The van der Waals surface area contributed by atoms with Crippen molar-refractivity contribution in [2.45, 2.75) is 6.42 Å². The second-order valence-corrected chi connectivity index (χ2v) is 7.33. The third kappa shape index (κ3) is 9.20. The van der Waals surface area contributed by atoms with Crippen LogP contribution >= 0.6 is 12.2 Å². The van der Waals surface area contributed by atoms with Crippen LogP contribution in [0.5, 0.6) is 0 Å². The van der Waals surface area contributed by atoms with E-state index < -0.39 is 9.84 Å². The van der Waals surface area contributed by atoms with Crippen molar-refractivity contribution in [1.29, 1.82) is 0 Å². The molecule has 0 bridgehead atoms. The summed E-state index contributed by atoms with van der Waals surface area (Å²) in [6, 6.07) is 0. The average Bonchev–Trinajstić information content (AvgIpc) is 2.79. The van der Waals surface area contributed by atoms with Gasteiger partial charge in [0.2, 0.25) is 0 Å². The van der Waals surface area contributed by atoms with Gasteiger partial charge in [0.15, 0.2) is 9.84 Å². The molecule has 0 aromatic heterocycles. The number of hydrogen-bond acceptors (Lipinski definition) is 7. The zero-order chi connectivity index (χ0) is 15.6. The fraction of sp³-hybridized carbons (Fsp3) is 0.917. The summed E-state index contributed by atoms with van der Waals surface area (Å²) in [6.07, 6.45) is 0.675. The lowest BCUT2D eigenvalue weighted by molar-refractivity contribution is 0.0235. The molecule has 0 spiro atoms. The summed E-state index contributed by atoms with van der Waals surface area (Å²) in [5.41, 5.74) is 0. The van der Waals surface area contributed by atoms with Gasteiger partial charge in [-0.25, -0.2) is 8.42 Å². The minimum absolute atomic E-state index is 0.00530. The maximum absolute atomic E-state index is 11.3. The van der Waals surface area contributed by atoms with Crippen LogP contribution in [0.25, 0.3) is 0 Å². The fourth-order valence-corrected chi connectivity index (χ4v) is 3.92. The third-order valence-corrected chi connectivity index (χ3v) is 5.03. The minimum Gasteiger partial charge on any atom is -0.469 e. The molecule has 0 aromatic carbocycles. The first-order valence-electron chi connectivity index (χ1n) is 6.91. The fourth-order valence-electron chi connectivity index (χ4n) is 1.89. The van der Waals surface area contributed by atoms with E-state index in [1.165, 1.54) is 0 Å². The lowest BCUT2D eigenvalue weighted by Gasteiger charge is -2.12. The Kier molecular flexibility index (Phi) is 9.09. The van der Waals surface area contributed by atoms with Gasteiger partial charge in [-0.15, -0.1) is 0 Å². The molecule has 1 atom stereocenters. The highest BCUT2D eigenvalue weighted by Crippen LogP contribution is 2.17. The molecule has 0 aliphatic carbocycles. The molecule has 0 saturated carbocycles. The Labute approximate surface area is 130 Å². The number of thiocarbonyl (C=S) groups is 1. The van der Waals surface area contributed by atoms with Crippen LogP contribution < -0.4 is 5.32 Å². The summed E-state index contributed by atoms with van der Waals surface area (Å²) >= 11 is 4.99. The molecule has 1 unspecified atom stereocenters. The van der Waals surface area contributed by atoms with Gasteiger partial charge in [0, 0.05) is 6.54 Å². The molecule has 1 heterocycles. The molecule has 1 aliphatic rings. The molecule has 21 heavy (non-hydrogen) atoms. The predicted molar refractivity (Wildman–Crippen MR) is 82.0 cm³/mol. The molecular formula is C12H23NO6S2. The van der Waals surface area contributed by atoms with E-state index in [4.69, 9.17) is 31.5 Å². The van der Waals surface area contributed by atoms with Gasteiger partial charge in [0.05, 0.1) is 44.5 Å². The van der Waals surface area contributed by atoms with E-state index in [0.29, 0.717) is 46.0 Å². The highest BCUT2D eigenvalue weighted by molar-refractivity contribution is 7.91. The van der Waals surface area contributed by atoms with Crippen LogP contribution in [0, 0.1) is 5.92 Å². The zero-order valence-electron chi connectivity index (χ0n) is 12.0. The van der Waals surface area contributed by atoms with E-state index in [1.54, 1.807) is 0 Å². The van der Waals surface area contributed by atoms with Crippen molar-refractivity contribution in [3.8, 4) is 0 Å². The molecule has 7 nitrogen and oxygen atoms in total. The molecule has 0 radical (unpaired) electrons. The molecule has 2 N–H and O–H groups in total. The molecular weight excluding hydrogens is 318 g/mol. The summed E-state index contributed by atoms with van der Waals surface area (Å²) in [6.45, 7) is 2.42.